The first-order valence-corrected chi connectivity index (χ1v) is 4.48. The van der Waals surface area contributed by atoms with Crippen molar-refractivity contribution in [1.82, 2.24) is 0 Å². The maximum Gasteiger partial charge on any atom is 0.0769 e. The molecule has 0 saturated heterocycles. The molecule has 0 radical (unpaired) electrons. The SMILES string of the molecule is CCC(CC)(CBr)OC. The third-order valence-corrected chi connectivity index (χ3v) is 2.99. The van der Waals surface area contributed by atoms with Crippen LogP contribution in [0.4, 0.5) is 0 Å². The molecule has 0 aliphatic rings. The summed E-state index contributed by atoms with van der Waals surface area (Å²) in [6.07, 6.45) is 2.15. The minimum Gasteiger partial charge on any atom is -0.377 e. The first-order valence-electron chi connectivity index (χ1n) is 3.35. The van der Waals surface area contributed by atoms with Gasteiger partial charge in [-0.1, -0.05) is 29.8 Å². The number of rotatable bonds is 4. The third-order valence-electron chi connectivity index (χ3n) is 1.97. The lowest BCUT2D eigenvalue weighted by molar-refractivity contribution is 0.00520. The molecule has 1 nitrogen and oxygen atoms in total. The van der Waals surface area contributed by atoms with Crippen LogP contribution in [0.5, 0.6) is 0 Å². The van der Waals surface area contributed by atoms with Crippen LogP contribution in [0.1, 0.15) is 26.7 Å². The average Bonchev–Trinajstić information content (AvgIpc) is 1.95. The van der Waals surface area contributed by atoms with Gasteiger partial charge in [0, 0.05) is 12.4 Å². The second-order valence-electron chi connectivity index (χ2n) is 2.23. The molecule has 0 fully saturated rings. The Morgan fingerprint density at radius 3 is 1.78 bits per heavy atom. The second kappa shape index (κ2) is 4.29. The summed E-state index contributed by atoms with van der Waals surface area (Å²) in [7, 11) is 1.77. The van der Waals surface area contributed by atoms with E-state index in [9.17, 15) is 0 Å². The van der Waals surface area contributed by atoms with Gasteiger partial charge in [0.25, 0.3) is 0 Å². The van der Waals surface area contributed by atoms with Gasteiger partial charge in [0.05, 0.1) is 5.60 Å². The molecule has 0 spiro atoms. The van der Waals surface area contributed by atoms with Crippen molar-refractivity contribution in [3.05, 3.63) is 0 Å². The normalized spacial score (nSPS) is 12.0. The molecule has 0 heterocycles. The lowest BCUT2D eigenvalue weighted by atomic mass is 10.0. The first-order chi connectivity index (χ1) is 4.24. The van der Waals surface area contributed by atoms with E-state index in [1.807, 2.05) is 0 Å². The molecule has 56 valence electrons. The molecular formula is C7H15BrO. The van der Waals surface area contributed by atoms with Crippen molar-refractivity contribution in [2.45, 2.75) is 32.3 Å². The van der Waals surface area contributed by atoms with Crippen LogP contribution in [0.25, 0.3) is 0 Å². The Kier molecular flexibility index (Phi) is 4.50. The Hall–Kier alpha value is 0.440. The van der Waals surface area contributed by atoms with Gasteiger partial charge in [-0.3, -0.25) is 0 Å². The van der Waals surface area contributed by atoms with Crippen LogP contribution in [-0.4, -0.2) is 18.0 Å². The van der Waals surface area contributed by atoms with Crippen LogP contribution in [0.15, 0.2) is 0 Å². The molecule has 0 aromatic heterocycles. The van der Waals surface area contributed by atoms with E-state index in [4.69, 9.17) is 4.74 Å². The van der Waals surface area contributed by atoms with Gasteiger partial charge in [-0.2, -0.15) is 0 Å². The first kappa shape index (κ1) is 9.44. The van der Waals surface area contributed by atoms with Gasteiger partial charge in [-0.25, -0.2) is 0 Å². The number of halogens is 1. The number of ether oxygens (including phenoxy) is 1. The van der Waals surface area contributed by atoms with Gasteiger partial charge in [0.1, 0.15) is 0 Å². The molecule has 0 atom stereocenters. The Morgan fingerprint density at radius 2 is 1.78 bits per heavy atom. The maximum atomic E-state index is 5.34. The summed E-state index contributed by atoms with van der Waals surface area (Å²) in [4.78, 5) is 0. The fraction of sp³-hybridized carbons (Fsp3) is 1.00. The topological polar surface area (TPSA) is 9.23 Å². The number of hydrogen-bond acceptors (Lipinski definition) is 1. The molecule has 0 aliphatic heterocycles. The number of methoxy groups -OCH3 is 1. The Balaban J connectivity index is 3.82. The van der Waals surface area contributed by atoms with Crippen molar-refractivity contribution in [3.63, 3.8) is 0 Å². The summed E-state index contributed by atoms with van der Waals surface area (Å²) < 4.78 is 5.34. The van der Waals surface area contributed by atoms with E-state index in [0.29, 0.717) is 0 Å². The Morgan fingerprint density at radius 1 is 1.33 bits per heavy atom. The van der Waals surface area contributed by atoms with E-state index in [2.05, 4.69) is 29.8 Å². The lowest BCUT2D eigenvalue weighted by Gasteiger charge is -2.27. The zero-order valence-electron chi connectivity index (χ0n) is 6.41. The van der Waals surface area contributed by atoms with E-state index in [0.717, 1.165) is 18.2 Å². The zero-order chi connectivity index (χ0) is 7.33. The number of alkyl halides is 1. The monoisotopic (exact) mass is 194 g/mol. The molecule has 9 heavy (non-hydrogen) atoms. The van der Waals surface area contributed by atoms with Gasteiger partial charge in [-0.15, -0.1) is 0 Å². The number of hydrogen-bond donors (Lipinski definition) is 0. The van der Waals surface area contributed by atoms with Crippen molar-refractivity contribution < 1.29 is 4.74 Å². The summed E-state index contributed by atoms with van der Waals surface area (Å²) in [5, 5.41) is 0.934. The second-order valence-corrected chi connectivity index (χ2v) is 2.79. The fourth-order valence-electron chi connectivity index (χ4n) is 0.782. The molecule has 0 aromatic carbocycles. The molecule has 2 heteroatoms. The Bertz CT molecular complexity index is 51.8. The summed E-state index contributed by atoms with van der Waals surface area (Å²) >= 11 is 3.43. The molecule has 0 aliphatic carbocycles. The molecule has 0 rings (SSSR count). The molecule has 0 saturated carbocycles. The molecule has 0 aromatic rings. The highest BCUT2D eigenvalue weighted by Crippen LogP contribution is 2.21. The molecule has 0 unspecified atom stereocenters. The molecular weight excluding hydrogens is 180 g/mol. The predicted octanol–water partition coefficient (Wildman–Crippen LogP) is 2.59. The van der Waals surface area contributed by atoms with Crippen LogP contribution in [-0.2, 0) is 4.74 Å². The smallest absolute Gasteiger partial charge is 0.0769 e. The van der Waals surface area contributed by atoms with E-state index < -0.39 is 0 Å². The predicted molar refractivity (Wildman–Crippen MR) is 44.1 cm³/mol. The minimum absolute atomic E-state index is 0.0833. The molecule has 0 bridgehead atoms. The lowest BCUT2D eigenvalue weighted by Crippen LogP contribution is -2.31. The van der Waals surface area contributed by atoms with Crippen LogP contribution < -0.4 is 0 Å². The van der Waals surface area contributed by atoms with Crippen LogP contribution in [0, 0.1) is 0 Å². The van der Waals surface area contributed by atoms with Gasteiger partial charge in [-0.05, 0) is 12.8 Å². The maximum absolute atomic E-state index is 5.34. The third kappa shape index (κ3) is 2.26. The van der Waals surface area contributed by atoms with Crippen LogP contribution in [0.2, 0.25) is 0 Å². The standard InChI is InChI=1S/C7H15BrO/c1-4-7(5-2,6-8)9-3/h4-6H2,1-3H3. The summed E-state index contributed by atoms with van der Waals surface area (Å²) in [5.41, 5.74) is 0.0833. The van der Waals surface area contributed by atoms with E-state index in [1.165, 1.54) is 0 Å². The summed E-state index contributed by atoms with van der Waals surface area (Å²) in [6, 6.07) is 0. The molecule has 0 amide bonds. The van der Waals surface area contributed by atoms with Crippen LogP contribution in [0.3, 0.4) is 0 Å². The van der Waals surface area contributed by atoms with Crippen LogP contribution >= 0.6 is 15.9 Å². The van der Waals surface area contributed by atoms with E-state index in [1.54, 1.807) is 7.11 Å². The highest BCUT2D eigenvalue weighted by atomic mass is 79.9. The van der Waals surface area contributed by atoms with Crippen molar-refractivity contribution >= 4 is 15.9 Å². The van der Waals surface area contributed by atoms with E-state index >= 15 is 0 Å². The largest absolute Gasteiger partial charge is 0.377 e. The van der Waals surface area contributed by atoms with Crippen molar-refractivity contribution in [2.75, 3.05) is 12.4 Å². The quantitative estimate of drug-likeness (QED) is 0.626. The Labute approximate surface area is 65.9 Å². The fourth-order valence-corrected chi connectivity index (χ4v) is 1.80. The van der Waals surface area contributed by atoms with Gasteiger partial charge < -0.3 is 4.74 Å². The minimum atomic E-state index is 0.0833. The van der Waals surface area contributed by atoms with Gasteiger partial charge in [0.2, 0.25) is 0 Å². The zero-order valence-corrected chi connectivity index (χ0v) is 7.99. The highest BCUT2D eigenvalue weighted by molar-refractivity contribution is 9.09. The highest BCUT2D eigenvalue weighted by Gasteiger charge is 2.22. The van der Waals surface area contributed by atoms with Crippen molar-refractivity contribution in [3.8, 4) is 0 Å². The van der Waals surface area contributed by atoms with Gasteiger partial charge >= 0.3 is 0 Å². The average molecular weight is 195 g/mol. The van der Waals surface area contributed by atoms with Crippen molar-refractivity contribution in [2.24, 2.45) is 0 Å². The summed E-state index contributed by atoms with van der Waals surface area (Å²) in [6.45, 7) is 4.29. The molecule has 0 N–H and O–H groups in total. The van der Waals surface area contributed by atoms with E-state index in [-0.39, 0.29) is 5.60 Å². The van der Waals surface area contributed by atoms with Gasteiger partial charge in [0.15, 0.2) is 0 Å². The van der Waals surface area contributed by atoms with Crippen molar-refractivity contribution in [1.29, 1.82) is 0 Å². The summed E-state index contributed by atoms with van der Waals surface area (Å²) in [5.74, 6) is 0.